The number of pyridine rings is 1. The lowest BCUT2D eigenvalue weighted by atomic mass is 9.93. The molecule has 5 aromatic rings. The lowest BCUT2D eigenvalue weighted by Crippen LogP contribution is -2.43. The van der Waals surface area contributed by atoms with Crippen LogP contribution >= 0.6 is 11.6 Å². The monoisotopic (exact) mass is 1080 g/mol. The topological polar surface area (TPSA) is 198 Å². The fourth-order valence-electron chi connectivity index (χ4n) is 8.16. The van der Waals surface area contributed by atoms with Crippen molar-refractivity contribution in [2.45, 2.75) is 94.2 Å². The first-order chi connectivity index (χ1) is 33.1. The molecule has 0 aliphatic heterocycles. The normalized spacial score (nSPS) is 17.0. The molecule has 0 bridgehead atoms. The van der Waals surface area contributed by atoms with E-state index < -0.39 is 168 Å². The fraction of sp³-hybridized carbons (Fsp3) is 0.432. The summed E-state index contributed by atoms with van der Waals surface area (Å²) in [5, 5.41) is 21.2. The van der Waals surface area contributed by atoms with Gasteiger partial charge in [-0.25, -0.2) is 34.9 Å². The number of amides is 2. The number of carbonyl (C=O) groups excluding carboxylic acids is 2. The zero-order valence-corrected chi connectivity index (χ0v) is 40.6. The van der Waals surface area contributed by atoms with Crippen molar-refractivity contribution < 1.29 is 75.4 Å². The molecule has 3 heterocycles. The molecule has 0 spiro atoms. The van der Waals surface area contributed by atoms with Crippen molar-refractivity contribution in [1.82, 2.24) is 35.2 Å². The van der Waals surface area contributed by atoms with Crippen LogP contribution in [0.2, 0.25) is 5.02 Å². The summed E-state index contributed by atoms with van der Waals surface area (Å²) in [7, 11) is -7.81. The number of hydrogen-bond donors (Lipinski definition) is 4. The highest BCUT2D eigenvalue weighted by Crippen LogP contribution is 2.68. The summed E-state index contributed by atoms with van der Waals surface area (Å²) in [6.07, 6.45) is -10.4. The largest absolute Gasteiger partial charge is 0.435 e. The van der Waals surface area contributed by atoms with Gasteiger partial charge in [-0.1, -0.05) is 23.6 Å². The third kappa shape index (κ3) is 11.3. The number of rotatable bonds is 15. The molecule has 0 radical (unpaired) electrons. The number of hydrogen-bond acceptors (Lipinski definition) is 10. The maximum absolute atomic E-state index is 15.6. The summed E-state index contributed by atoms with van der Waals surface area (Å²) in [6.45, 7) is 0.395. The number of benzene rings is 2. The predicted octanol–water partition coefficient (Wildman–Crippen LogP) is 6.51. The van der Waals surface area contributed by atoms with Gasteiger partial charge < -0.3 is 15.7 Å². The summed E-state index contributed by atoms with van der Waals surface area (Å²) in [6, 6.07) is 4.86. The van der Waals surface area contributed by atoms with E-state index in [2.05, 4.69) is 37.7 Å². The zero-order chi connectivity index (χ0) is 53.4. The second-order valence-electron chi connectivity index (χ2n) is 18.4. The molecule has 0 saturated heterocycles. The Morgan fingerprint density at radius 2 is 1.61 bits per heavy atom. The molecule has 2 aliphatic rings. The first kappa shape index (κ1) is 53.8. The van der Waals surface area contributed by atoms with Crippen LogP contribution in [0.25, 0.3) is 22.0 Å². The minimum Gasteiger partial charge on any atom is -0.389 e. The Bertz CT molecular complexity index is 3260. The summed E-state index contributed by atoms with van der Waals surface area (Å²) in [5.74, 6) is -6.87. The molecule has 1 fully saturated rings. The molecule has 3 aromatic heterocycles. The van der Waals surface area contributed by atoms with Crippen LogP contribution in [0.5, 0.6) is 0 Å². The maximum Gasteiger partial charge on any atom is 0.435 e. The van der Waals surface area contributed by atoms with Crippen molar-refractivity contribution in [3.05, 3.63) is 93.0 Å². The minimum atomic E-state index is -5.22. The smallest absolute Gasteiger partial charge is 0.389 e. The van der Waals surface area contributed by atoms with Crippen LogP contribution in [-0.4, -0.2) is 94.2 Å². The van der Waals surface area contributed by atoms with E-state index in [1.165, 1.54) is 27.7 Å². The molecule has 15 nitrogen and oxygen atoms in total. The predicted molar refractivity (Wildman–Crippen MR) is 240 cm³/mol. The van der Waals surface area contributed by atoms with Crippen LogP contribution in [0.15, 0.2) is 42.5 Å². The molecule has 2 aliphatic carbocycles. The highest BCUT2D eigenvalue weighted by Gasteiger charge is 2.68. The number of carbonyl (C=O) groups is 2. The molecule has 1 unspecified atom stereocenters. The van der Waals surface area contributed by atoms with Crippen LogP contribution in [0, 0.1) is 29.4 Å². The van der Waals surface area contributed by atoms with Gasteiger partial charge in [-0.3, -0.25) is 19.0 Å². The van der Waals surface area contributed by atoms with E-state index in [1.54, 1.807) is 0 Å². The molecule has 388 valence electrons. The second kappa shape index (κ2) is 18.8. The number of thiol groups is 1. The number of nitrogens with zero attached hydrogens (tertiary/aromatic N) is 6. The molecule has 3 atom stereocenters. The van der Waals surface area contributed by atoms with Gasteiger partial charge in [0.25, 0.3) is 5.92 Å². The lowest BCUT2D eigenvalue weighted by molar-refractivity contribution is -0.143. The summed E-state index contributed by atoms with van der Waals surface area (Å²) >= 11 is 6.61. The summed E-state index contributed by atoms with van der Waals surface area (Å²) in [4.78, 5) is 31.7. The number of sulfone groups is 1. The van der Waals surface area contributed by atoms with E-state index in [4.69, 9.17) is 11.6 Å². The second-order valence-corrected chi connectivity index (χ2v) is 22.3. The first-order valence-corrected chi connectivity index (χ1v) is 24.7. The first-order valence-electron chi connectivity index (χ1n) is 21.3. The minimum absolute atomic E-state index is 0.194. The molecular weight excluding hydrogens is 1040 g/mol. The van der Waals surface area contributed by atoms with E-state index in [0.29, 0.717) is 15.1 Å². The molecule has 72 heavy (non-hydrogen) atoms. The van der Waals surface area contributed by atoms with Crippen molar-refractivity contribution in [3.8, 4) is 23.0 Å². The fourth-order valence-corrected chi connectivity index (χ4v) is 9.17. The molecule has 28 heteroatoms. The third-order valence-corrected chi connectivity index (χ3v) is 14.8. The van der Waals surface area contributed by atoms with E-state index in [-0.39, 0.29) is 33.5 Å². The Morgan fingerprint density at radius 1 is 0.972 bits per heavy atom. The quantitative estimate of drug-likeness (QED) is 0.0510. The van der Waals surface area contributed by atoms with Crippen molar-refractivity contribution in [2.24, 2.45) is 5.92 Å². The Balaban J connectivity index is 1.46. The van der Waals surface area contributed by atoms with Gasteiger partial charge in [0.15, 0.2) is 21.3 Å². The number of fused-ring (bicyclic) bond motifs is 4. The molecule has 2 amide bonds. The molecular formula is C44H41ClF10N8O7S2. The van der Waals surface area contributed by atoms with Gasteiger partial charge in [-0.05, 0) is 88.3 Å². The van der Waals surface area contributed by atoms with Crippen LogP contribution in [0.3, 0.4) is 0 Å². The third-order valence-electron chi connectivity index (χ3n) is 11.8. The van der Waals surface area contributed by atoms with Gasteiger partial charge in [0, 0.05) is 41.5 Å². The van der Waals surface area contributed by atoms with Gasteiger partial charge in [-0.15, -0.1) is 0 Å². The van der Waals surface area contributed by atoms with E-state index in [9.17, 15) is 66.7 Å². The van der Waals surface area contributed by atoms with Crippen molar-refractivity contribution in [1.29, 1.82) is 0 Å². The van der Waals surface area contributed by atoms with Gasteiger partial charge in [0.2, 0.25) is 22.7 Å². The van der Waals surface area contributed by atoms with E-state index in [1.807, 2.05) is 0 Å². The van der Waals surface area contributed by atoms with Crippen molar-refractivity contribution >= 4 is 60.9 Å². The summed E-state index contributed by atoms with van der Waals surface area (Å²) in [5.41, 5.74) is -7.23. The van der Waals surface area contributed by atoms with Crippen molar-refractivity contribution in [3.63, 3.8) is 0 Å². The lowest BCUT2D eigenvalue weighted by Gasteiger charge is -2.23. The van der Waals surface area contributed by atoms with Gasteiger partial charge in [-0.2, -0.15) is 45.3 Å². The number of nitrogens with one attached hydrogen (secondary N) is 2. The van der Waals surface area contributed by atoms with E-state index >= 15 is 8.78 Å². The van der Waals surface area contributed by atoms with Crippen LogP contribution in [0.4, 0.5) is 49.7 Å². The number of halogens is 11. The highest BCUT2D eigenvalue weighted by atomic mass is 35.5. The van der Waals surface area contributed by atoms with Crippen LogP contribution < -0.4 is 14.9 Å². The van der Waals surface area contributed by atoms with Gasteiger partial charge in [0.1, 0.15) is 47.4 Å². The zero-order valence-electron chi connectivity index (χ0n) is 38.1. The number of aromatic nitrogens is 5. The molecule has 3 N–H and O–H groups in total. The number of alkyl halides is 8. The van der Waals surface area contributed by atoms with E-state index in [0.717, 1.165) is 42.7 Å². The SMILES string of the molecule is CC(C)(O)CNC(=O)CN(c1nn(CC(F)(F)F)c2c(-c3ccc(C#CC(C)(C)S(C)(=O)=O)nc3C(Cc3cc(F)cc(F)c3)NC(=O)Cn3nc(C(F)(F)F)c4c3C(F)(F)[C@@H]3C[C@H]43)ccc(Cl)c12)[SH](=O)=O. The molecule has 2 aromatic carbocycles. The Morgan fingerprint density at radius 3 is 2.19 bits per heavy atom. The van der Waals surface area contributed by atoms with Crippen LogP contribution in [0.1, 0.15) is 80.0 Å². The van der Waals surface area contributed by atoms with Crippen LogP contribution in [-0.2, 0) is 61.9 Å². The standard InChI is InChI=1S/C44H41ClF10N8O7S2/c1-40(2,66)19-56-31(64)18-63(71(67)68)39-34-29(45)9-8-26(36(34)62(60-39)20-42(48,49)50)25-7-6-24(10-11-41(3,4)72(5,69)70)57-35(25)30(14-21-12-22(46)15-23(47)13-21)58-32(65)17-61-38-33(37(59-61)44(53,54)55)27-16-28(27)43(38,51)52/h6-9,12-13,15,27-28,30,66,71H,14,16-20H2,1-5H3,(H,56,64)(H,58,65)/t27-,28+,30?/m0/s1. The van der Waals surface area contributed by atoms with Gasteiger partial charge in [0.05, 0.1) is 33.3 Å². The molecule has 1 saturated carbocycles. The number of anilines is 1. The number of aliphatic hydroxyl groups is 1. The average molecular weight is 1080 g/mol. The molecule has 7 rings (SSSR count). The Hall–Kier alpha value is -5.98. The van der Waals surface area contributed by atoms with Crippen molar-refractivity contribution in [2.75, 3.05) is 23.7 Å². The Kier molecular flexibility index (Phi) is 14.1. The average Bonchev–Trinajstić information content (AvgIpc) is 3.74. The Labute approximate surface area is 409 Å². The van der Waals surface area contributed by atoms with Gasteiger partial charge >= 0.3 is 12.4 Å². The maximum atomic E-state index is 15.6. The highest BCUT2D eigenvalue weighted by molar-refractivity contribution is 7.92. The summed E-state index contributed by atoms with van der Waals surface area (Å²) < 4.78 is 197.